The van der Waals surface area contributed by atoms with E-state index in [2.05, 4.69) is 18.3 Å². The zero-order chi connectivity index (χ0) is 11.4. The first-order valence-electron chi connectivity index (χ1n) is 6.52. The van der Waals surface area contributed by atoms with Crippen LogP contribution in [0, 0.1) is 11.3 Å². The number of nitrogens with one attached hydrogen (secondary N) is 1. The standard InChI is InChI=1S/C13H22N2S/c1-13(9-14,15-11-7-8-11)10-16-12-5-3-2-4-6-12/h11-12,15H,2-8,10H2,1H3. The molecule has 2 nitrogen and oxygen atoms in total. The van der Waals surface area contributed by atoms with E-state index in [4.69, 9.17) is 0 Å². The molecule has 2 aliphatic carbocycles. The van der Waals surface area contributed by atoms with Gasteiger partial charge in [0.2, 0.25) is 0 Å². The van der Waals surface area contributed by atoms with Gasteiger partial charge >= 0.3 is 0 Å². The molecule has 1 atom stereocenters. The van der Waals surface area contributed by atoms with Crippen molar-refractivity contribution >= 4 is 11.8 Å². The van der Waals surface area contributed by atoms with Crippen molar-refractivity contribution in [2.75, 3.05) is 5.75 Å². The number of nitrogens with zero attached hydrogens (tertiary/aromatic N) is 1. The molecule has 0 aromatic rings. The van der Waals surface area contributed by atoms with E-state index >= 15 is 0 Å². The minimum Gasteiger partial charge on any atom is -0.296 e. The van der Waals surface area contributed by atoms with Crippen molar-refractivity contribution in [1.29, 1.82) is 5.26 Å². The molecule has 0 spiro atoms. The number of nitriles is 1. The first-order chi connectivity index (χ1) is 7.72. The molecular weight excluding hydrogens is 216 g/mol. The summed E-state index contributed by atoms with van der Waals surface area (Å²) in [6.45, 7) is 2.06. The summed E-state index contributed by atoms with van der Waals surface area (Å²) in [7, 11) is 0. The van der Waals surface area contributed by atoms with Gasteiger partial charge in [0.05, 0.1) is 6.07 Å². The average molecular weight is 238 g/mol. The molecule has 0 aliphatic heterocycles. The largest absolute Gasteiger partial charge is 0.296 e. The lowest BCUT2D eigenvalue weighted by Crippen LogP contribution is -2.45. The Kier molecular flexibility index (Phi) is 4.16. The van der Waals surface area contributed by atoms with E-state index in [-0.39, 0.29) is 5.54 Å². The zero-order valence-electron chi connectivity index (χ0n) is 10.2. The topological polar surface area (TPSA) is 35.8 Å². The van der Waals surface area contributed by atoms with Crippen molar-refractivity contribution in [2.45, 2.75) is 68.7 Å². The van der Waals surface area contributed by atoms with Crippen molar-refractivity contribution in [1.82, 2.24) is 5.32 Å². The minimum absolute atomic E-state index is 0.302. The number of rotatable bonds is 5. The van der Waals surface area contributed by atoms with Crippen molar-refractivity contribution in [2.24, 2.45) is 0 Å². The summed E-state index contributed by atoms with van der Waals surface area (Å²) in [6, 6.07) is 3.08. The molecule has 2 saturated carbocycles. The molecule has 0 saturated heterocycles. The van der Waals surface area contributed by atoms with E-state index < -0.39 is 0 Å². The van der Waals surface area contributed by atoms with Crippen molar-refractivity contribution in [3.05, 3.63) is 0 Å². The number of hydrogen-bond donors (Lipinski definition) is 1. The first-order valence-corrected chi connectivity index (χ1v) is 7.57. The van der Waals surface area contributed by atoms with Crippen LogP contribution >= 0.6 is 11.8 Å². The normalized spacial score (nSPS) is 26.0. The molecule has 1 unspecified atom stereocenters. The Hall–Kier alpha value is -0.200. The van der Waals surface area contributed by atoms with Gasteiger partial charge in [0.25, 0.3) is 0 Å². The van der Waals surface area contributed by atoms with Gasteiger partial charge in [0.15, 0.2) is 0 Å². The fourth-order valence-electron chi connectivity index (χ4n) is 2.30. The Morgan fingerprint density at radius 2 is 1.94 bits per heavy atom. The maximum atomic E-state index is 9.27. The van der Waals surface area contributed by atoms with Crippen LogP contribution in [0.15, 0.2) is 0 Å². The Morgan fingerprint density at radius 1 is 1.25 bits per heavy atom. The monoisotopic (exact) mass is 238 g/mol. The molecule has 90 valence electrons. The van der Waals surface area contributed by atoms with Gasteiger partial charge in [-0.25, -0.2) is 0 Å². The third kappa shape index (κ3) is 3.68. The fraction of sp³-hybridized carbons (Fsp3) is 0.923. The lowest BCUT2D eigenvalue weighted by molar-refractivity contribution is 0.484. The number of hydrogen-bond acceptors (Lipinski definition) is 3. The highest BCUT2D eigenvalue weighted by Crippen LogP contribution is 2.31. The lowest BCUT2D eigenvalue weighted by atomic mass is 10.0. The summed E-state index contributed by atoms with van der Waals surface area (Å²) >= 11 is 2.01. The van der Waals surface area contributed by atoms with E-state index in [0.29, 0.717) is 6.04 Å². The van der Waals surface area contributed by atoms with Gasteiger partial charge in [-0.2, -0.15) is 17.0 Å². The molecule has 0 bridgehead atoms. The third-order valence-corrected chi connectivity index (χ3v) is 5.19. The van der Waals surface area contributed by atoms with Crippen molar-refractivity contribution in [3.8, 4) is 6.07 Å². The second kappa shape index (κ2) is 5.42. The van der Waals surface area contributed by atoms with E-state index in [1.807, 2.05) is 11.8 Å². The highest BCUT2D eigenvalue weighted by Gasteiger charge is 2.33. The predicted molar refractivity (Wildman–Crippen MR) is 69.5 cm³/mol. The quantitative estimate of drug-likeness (QED) is 0.799. The highest BCUT2D eigenvalue weighted by atomic mass is 32.2. The van der Waals surface area contributed by atoms with E-state index in [9.17, 15) is 5.26 Å². The summed E-state index contributed by atoms with van der Waals surface area (Å²) in [4.78, 5) is 0. The maximum absolute atomic E-state index is 9.27. The van der Waals surface area contributed by atoms with Crippen LogP contribution in [0.5, 0.6) is 0 Å². The van der Waals surface area contributed by atoms with Gasteiger partial charge < -0.3 is 0 Å². The summed E-state index contributed by atoms with van der Waals surface area (Å²) < 4.78 is 0. The molecule has 16 heavy (non-hydrogen) atoms. The SMILES string of the molecule is CC(C#N)(CSC1CCCCC1)NC1CC1. The van der Waals surface area contributed by atoms with E-state index in [0.717, 1.165) is 11.0 Å². The Bertz CT molecular complexity index is 264. The van der Waals surface area contributed by atoms with E-state index in [1.165, 1.54) is 44.9 Å². The van der Waals surface area contributed by atoms with Gasteiger partial charge in [-0.15, -0.1) is 0 Å². The van der Waals surface area contributed by atoms with Crippen molar-refractivity contribution in [3.63, 3.8) is 0 Å². The molecule has 0 radical (unpaired) electrons. The first kappa shape index (κ1) is 12.3. The maximum Gasteiger partial charge on any atom is 0.113 e. The Labute approximate surface area is 103 Å². The second-order valence-electron chi connectivity index (χ2n) is 5.43. The van der Waals surface area contributed by atoms with Gasteiger partial charge in [-0.05, 0) is 32.6 Å². The van der Waals surface area contributed by atoms with Crippen LogP contribution in [0.4, 0.5) is 0 Å². The molecule has 0 aromatic heterocycles. The van der Waals surface area contributed by atoms with Crippen LogP contribution in [-0.4, -0.2) is 22.6 Å². The molecule has 1 N–H and O–H groups in total. The fourth-order valence-corrected chi connectivity index (χ4v) is 3.68. The molecular formula is C13H22N2S. The molecule has 0 aromatic carbocycles. The Morgan fingerprint density at radius 3 is 2.50 bits per heavy atom. The molecule has 0 amide bonds. The molecule has 3 heteroatoms. The smallest absolute Gasteiger partial charge is 0.113 e. The Balaban J connectivity index is 1.74. The van der Waals surface area contributed by atoms with Crippen LogP contribution in [0.1, 0.15) is 51.9 Å². The molecule has 2 fully saturated rings. The summed E-state index contributed by atoms with van der Waals surface area (Å²) in [5, 5.41) is 13.5. The zero-order valence-corrected chi connectivity index (χ0v) is 11.0. The molecule has 2 aliphatic rings. The third-order valence-electron chi connectivity index (χ3n) is 3.51. The molecule has 2 rings (SSSR count). The van der Waals surface area contributed by atoms with Gasteiger partial charge in [0, 0.05) is 17.0 Å². The summed E-state index contributed by atoms with van der Waals surface area (Å²) in [5.41, 5.74) is -0.302. The summed E-state index contributed by atoms with van der Waals surface area (Å²) in [6.07, 6.45) is 9.41. The minimum atomic E-state index is -0.302. The second-order valence-corrected chi connectivity index (χ2v) is 6.72. The van der Waals surface area contributed by atoms with Gasteiger partial charge in [-0.1, -0.05) is 19.3 Å². The van der Waals surface area contributed by atoms with Crippen LogP contribution in [0.3, 0.4) is 0 Å². The van der Waals surface area contributed by atoms with Crippen LogP contribution in [-0.2, 0) is 0 Å². The van der Waals surface area contributed by atoms with Gasteiger partial charge in [-0.3, -0.25) is 5.32 Å². The van der Waals surface area contributed by atoms with Crippen LogP contribution in [0.25, 0.3) is 0 Å². The average Bonchev–Trinajstić information content (AvgIpc) is 3.12. The van der Waals surface area contributed by atoms with Crippen LogP contribution < -0.4 is 5.32 Å². The molecule has 0 heterocycles. The van der Waals surface area contributed by atoms with E-state index in [1.54, 1.807) is 0 Å². The summed E-state index contributed by atoms with van der Waals surface area (Å²) in [5.74, 6) is 0.949. The lowest BCUT2D eigenvalue weighted by Gasteiger charge is -2.27. The number of thioether (sulfide) groups is 1. The highest BCUT2D eigenvalue weighted by molar-refractivity contribution is 8.00. The van der Waals surface area contributed by atoms with Gasteiger partial charge in [0.1, 0.15) is 5.54 Å². The van der Waals surface area contributed by atoms with Crippen LogP contribution in [0.2, 0.25) is 0 Å². The van der Waals surface area contributed by atoms with Crippen molar-refractivity contribution < 1.29 is 0 Å². The predicted octanol–water partition coefficient (Wildman–Crippen LogP) is 3.09.